The quantitative estimate of drug-likeness (QED) is 0.565. The summed E-state index contributed by atoms with van der Waals surface area (Å²) in [5, 5.41) is 11.4. The maximum atomic E-state index is 12.0. The maximum absolute atomic E-state index is 12.0. The monoisotopic (exact) mass is 337 g/mol. The molecule has 0 fully saturated rings. The summed E-state index contributed by atoms with van der Waals surface area (Å²) >= 11 is 0. The van der Waals surface area contributed by atoms with E-state index in [1.54, 1.807) is 18.2 Å². The largest absolute Gasteiger partial charge is 0.433 e. The molecule has 7 nitrogen and oxygen atoms in total. The molecule has 2 aromatic heterocycles. The Labute approximate surface area is 142 Å². The van der Waals surface area contributed by atoms with Crippen molar-refractivity contribution in [2.24, 2.45) is 5.73 Å². The van der Waals surface area contributed by atoms with Gasteiger partial charge in [-0.3, -0.25) is 14.9 Å². The zero-order valence-electron chi connectivity index (χ0n) is 13.4. The molecule has 0 radical (unpaired) electrons. The standard InChI is InChI=1S/C18H15N3O4/c1-2-12-15(9-7-11-8-10-16(25-11)21(23)24)20-14-6-4-3-5-13(14)17(12)18(19)22/h3-10H,2H2,1H3,(H2,19,22). The molecular formula is C18H15N3O4. The number of nitrogens with zero attached hydrogens (tertiary/aromatic N) is 2. The zero-order chi connectivity index (χ0) is 18.0. The molecule has 0 unspecified atom stereocenters. The number of primary amides is 1. The highest BCUT2D eigenvalue weighted by Gasteiger charge is 2.16. The number of aromatic nitrogens is 1. The number of fused-ring (bicyclic) bond motifs is 1. The number of nitrogens with two attached hydrogens (primary N) is 1. The van der Waals surface area contributed by atoms with Crippen LogP contribution in [0.2, 0.25) is 0 Å². The van der Waals surface area contributed by atoms with E-state index in [0.717, 1.165) is 5.56 Å². The van der Waals surface area contributed by atoms with Crippen molar-refractivity contribution in [3.63, 3.8) is 0 Å². The van der Waals surface area contributed by atoms with Gasteiger partial charge in [0.15, 0.2) is 0 Å². The van der Waals surface area contributed by atoms with Gasteiger partial charge in [0.2, 0.25) is 5.91 Å². The van der Waals surface area contributed by atoms with Crippen molar-refractivity contribution in [1.82, 2.24) is 4.98 Å². The molecule has 1 aromatic carbocycles. The molecule has 0 aliphatic rings. The van der Waals surface area contributed by atoms with Gasteiger partial charge in [0.1, 0.15) is 10.7 Å². The summed E-state index contributed by atoms with van der Waals surface area (Å²) in [5.74, 6) is -0.525. The highest BCUT2D eigenvalue weighted by molar-refractivity contribution is 6.07. The van der Waals surface area contributed by atoms with Gasteiger partial charge in [-0.25, -0.2) is 4.98 Å². The molecule has 2 N–H and O–H groups in total. The van der Waals surface area contributed by atoms with E-state index >= 15 is 0 Å². The normalized spacial score (nSPS) is 11.2. The highest BCUT2D eigenvalue weighted by Crippen LogP contribution is 2.26. The van der Waals surface area contributed by atoms with Crippen molar-refractivity contribution in [3.05, 3.63) is 69.1 Å². The predicted octanol–water partition coefficient (Wildman–Crippen LogP) is 3.57. The third-order valence-electron chi connectivity index (χ3n) is 3.82. The first-order valence-corrected chi connectivity index (χ1v) is 7.65. The number of furan rings is 1. The minimum Gasteiger partial charge on any atom is -0.401 e. The Morgan fingerprint density at radius 3 is 2.68 bits per heavy atom. The van der Waals surface area contributed by atoms with E-state index in [1.165, 1.54) is 12.1 Å². The molecule has 3 rings (SSSR count). The van der Waals surface area contributed by atoms with E-state index in [4.69, 9.17) is 10.2 Å². The van der Waals surface area contributed by atoms with Crippen LogP contribution in [-0.2, 0) is 6.42 Å². The van der Waals surface area contributed by atoms with E-state index in [2.05, 4.69) is 4.98 Å². The average molecular weight is 337 g/mol. The summed E-state index contributed by atoms with van der Waals surface area (Å²) in [6, 6.07) is 10.0. The molecule has 0 saturated carbocycles. The molecule has 7 heteroatoms. The van der Waals surface area contributed by atoms with Gasteiger partial charge in [0.05, 0.1) is 22.8 Å². The van der Waals surface area contributed by atoms with Gasteiger partial charge in [0, 0.05) is 5.39 Å². The van der Waals surface area contributed by atoms with Crippen molar-refractivity contribution < 1.29 is 14.1 Å². The van der Waals surface area contributed by atoms with Crippen molar-refractivity contribution in [3.8, 4) is 0 Å². The summed E-state index contributed by atoms with van der Waals surface area (Å²) < 4.78 is 5.10. The van der Waals surface area contributed by atoms with Crippen LogP contribution in [0.4, 0.5) is 5.88 Å². The number of carbonyl (C=O) groups excluding carboxylic acids is 1. The van der Waals surface area contributed by atoms with Crippen LogP contribution in [0.15, 0.2) is 40.8 Å². The average Bonchev–Trinajstić information content (AvgIpc) is 3.07. The zero-order valence-corrected chi connectivity index (χ0v) is 13.4. The van der Waals surface area contributed by atoms with Crippen LogP contribution < -0.4 is 5.73 Å². The van der Waals surface area contributed by atoms with Crippen molar-refractivity contribution in [1.29, 1.82) is 0 Å². The van der Waals surface area contributed by atoms with Gasteiger partial charge in [-0.05, 0) is 36.3 Å². The number of hydrogen-bond acceptors (Lipinski definition) is 5. The lowest BCUT2D eigenvalue weighted by Crippen LogP contribution is -2.16. The SMILES string of the molecule is CCc1c(C=Cc2ccc([N+](=O)[O-])o2)nc2ccccc2c1C(N)=O. The number of para-hydroxylation sites is 1. The van der Waals surface area contributed by atoms with Crippen LogP contribution in [0.25, 0.3) is 23.1 Å². The first-order chi connectivity index (χ1) is 12.0. The summed E-state index contributed by atoms with van der Waals surface area (Å²) in [5.41, 5.74) is 7.98. The van der Waals surface area contributed by atoms with E-state index in [-0.39, 0.29) is 5.88 Å². The Morgan fingerprint density at radius 1 is 1.28 bits per heavy atom. The van der Waals surface area contributed by atoms with Crippen LogP contribution in [0, 0.1) is 10.1 Å². The lowest BCUT2D eigenvalue weighted by Gasteiger charge is -2.11. The molecule has 1 amide bonds. The molecule has 126 valence electrons. The van der Waals surface area contributed by atoms with E-state index in [0.29, 0.717) is 34.3 Å². The highest BCUT2D eigenvalue weighted by atomic mass is 16.6. The Hall–Kier alpha value is -3.48. The number of amides is 1. The fourth-order valence-corrected chi connectivity index (χ4v) is 2.74. The number of hydrogen-bond donors (Lipinski definition) is 1. The molecule has 0 aliphatic heterocycles. The molecule has 0 aliphatic carbocycles. The van der Waals surface area contributed by atoms with E-state index in [1.807, 2.05) is 25.1 Å². The Balaban J connectivity index is 2.13. The van der Waals surface area contributed by atoms with Crippen LogP contribution in [0.3, 0.4) is 0 Å². The molecule has 3 aromatic rings. The third kappa shape index (κ3) is 3.12. The minimum absolute atomic E-state index is 0.323. The van der Waals surface area contributed by atoms with Gasteiger partial charge in [0.25, 0.3) is 0 Å². The minimum atomic E-state index is -0.603. The third-order valence-corrected chi connectivity index (χ3v) is 3.82. The molecule has 25 heavy (non-hydrogen) atoms. The Morgan fingerprint density at radius 2 is 2.04 bits per heavy atom. The number of nitro groups is 1. The smallest absolute Gasteiger partial charge is 0.401 e. The van der Waals surface area contributed by atoms with Crippen molar-refractivity contribution in [2.45, 2.75) is 13.3 Å². The van der Waals surface area contributed by atoms with Crippen LogP contribution >= 0.6 is 0 Å². The topological polar surface area (TPSA) is 112 Å². The fourth-order valence-electron chi connectivity index (χ4n) is 2.74. The Bertz CT molecular complexity index is 1000. The summed E-state index contributed by atoms with van der Waals surface area (Å²) in [4.78, 5) is 26.6. The predicted molar refractivity (Wildman–Crippen MR) is 93.9 cm³/mol. The van der Waals surface area contributed by atoms with Gasteiger partial charge in [-0.1, -0.05) is 25.1 Å². The van der Waals surface area contributed by atoms with Gasteiger partial charge in [-0.2, -0.15) is 0 Å². The first-order valence-electron chi connectivity index (χ1n) is 7.65. The molecule has 0 spiro atoms. The molecular weight excluding hydrogens is 322 g/mol. The summed E-state index contributed by atoms with van der Waals surface area (Å²) in [7, 11) is 0. The first kappa shape index (κ1) is 16.4. The second-order valence-corrected chi connectivity index (χ2v) is 5.35. The Kier molecular flexibility index (Phi) is 4.30. The van der Waals surface area contributed by atoms with Crippen LogP contribution in [-0.4, -0.2) is 15.8 Å². The van der Waals surface area contributed by atoms with Gasteiger partial charge < -0.3 is 10.2 Å². The maximum Gasteiger partial charge on any atom is 0.433 e. The van der Waals surface area contributed by atoms with Gasteiger partial charge in [-0.15, -0.1) is 0 Å². The lowest BCUT2D eigenvalue weighted by atomic mass is 9.97. The molecule has 0 saturated heterocycles. The second-order valence-electron chi connectivity index (χ2n) is 5.35. The fraction of sp³-hybridized carbons (Fsp3) is 0.111. The van der Waals surface area contributed by atoms with Crippen LogP contribution in [0.1, 0.15) is 34.3 Å². The van der Waals surface area contributed by atoms with E-state index in [9.17, 15) is 14.9 Å². The molecule has 2 heterocycles. The van der Waals surface area contributed by atoms with Crippen LogP contribution in [0.5, 0.6) is 0 Å². The van der Waals surface area contributed by atoms with Crippen molar-refractivity contribution >= 4 is 34.8 Å². The molecule has 0 bridgehead atoms. The number of pyridine rings is 1. The lowest BCUT2D eigenvalue weighted by molar-refractivity contribution is -0.402. The summed E-state index contributed by atoms with van der Waals surface area (Å²) in [6.07, 6.45) is 3.81. The van der Waals surface area contributed by atoms with Crippen molar-refractivity contribution in [2.75, 3.05) is 0 Å². The number of carbonyl (C=O) groups is 1. The number of rotatable bonds is 5. The second kappa shape index (κ2) is 6.56. The summed E-state index contributed by atoms with van der Waals surface area (Å²) in [6.45, 7) is 1.91. The number of benzene rings is 1. The van der Waals surface area contributed by atoms with E-state index < -0.39 is 10.8 Å². The van der Waals surface area contributed by atoms with Gasteiger partial charge >= 0.3 is 5.88 Å². The molecule has 0 atom stereocenters.